The fourth-order valence-corrected chi connectivity index (χ4v) is 4.71. The van der Waals surface area contributed by atoms with Crippen LogP contribution in [0.1, 0.15) is 59.8 Å². The van der Waals surface area contributed by atoms with Crippen LogP contribution in [0.15, 0.2) is 11.1 Å². The van der Waals surface area contributed by atoms with E-state index in [1.165, 1.54) is 32.1 Å². The predicted molar refractivity (Wildman–Crippen MR) is 64.7 cm³/mol. The minimum absolute atomic E-state index is 0.552. The van der Waals surface area contributed by atoms with Crippen molar-refractivity contribution in [2.24, 2.45) is 22.7 Å². The van der Waals surface area contributed by atoms with Gasteiger partial charge in [-0.05, 0) is 54.8 Å². The number of hydrogen-bond donors (Lipinski definition) is 0. The molecule has 2 bridgehead atoms. The number of fused-ring (bicyclic) bond motifs is 3. The number of rotatable bonds is 0. The molecular weight excluding hydrogens is 180 g/mol. The number of allylic oxidation sites excluding steroid dienone is 2. The van der Waals surface area contributed by atoms with Crippen molar-refractivity contribution in [3.63, 3.8) is 0 Å². The summed E-state index contributed by atoms with van der Waals surface area (Å²) in [6, 6.07) is 0. The Labute approximate surface area is 94.1 Å². The second-order valence-electron chi connectivity index (χ2n) is 6.94. The summed E-state index contributed by atoms with van der Waals surface area (Å²) in [5, 5.41) is 0. The van der Waals surface area contributed by atoms with Crippen LogP contribution >= 0.6 is 0 Å². The largest absolute Gasteiger partial charge is 0.0673 e. The van der Waals surface area contributed by atoms with Crippen LogP contribution in [0.3, 0.4) is 0 Å². The Morgan fingerprint density at radius 1 is 1.13 bits per heavy atom. The summed E-state index contributed by atoms with van der Waals surface area (Å²) in [5.74, 6) is 1.87. The van der Waals surface area contributed by atoms with Gasteiger partial charge in [-0.25, -0.2) is 0 Å². The zero-order chi connectivity index (χ0) is 10.8. The molecule has 15 heavy (non-hydrogen) atoms. The smallest absolute Gasteiger partial charge is 0.00596 e. The van der Waals surface area contributed by atoms with Crippen LogP contribution in [-0.2, 0) is 0 Å². The first kappa shape index (κ1) is 9.93. The molecule has 3 atom stereocenters. The lowest BCUT2D eigenvalue weighted by atomic mass is 9.57. The molecule has 0 aromatic carbocycles. The third-order valence-electron chi connectivity index (χ3n) is 6.38. The molecule has 0 unspecified atom stereocenters. The van der Waals surface area contributed by atoms with Crippen molar-refractivity contribution in [3.05, 3.63) is 11.1 Å². The van der Waals surface area contributed by atoms with E-state index in [1.54, 1.807) is 0 Å². The Hall–Kier alpha value is -0.260. The van der Waals surface area contributed by atoms with Gasteiger partial charge in [-0.3, -0.25) is 0 Å². The average Bonchev–Trinajstić information content (AvgIpc) is 2.55. The van der Waals surface area contributed by atoms with Crippen LogP contribution in [-0.4, -0.2) is 0 Å². The van der Waals surface area contributed by atoms with Gasteiger partial charge in [0.05, 0.1) is 0 Å². The lowest BCUT2D eigenvalue weighted by Gasteiger charge is -2.47. The molecule has 3 rings (SSSR count). The number of hydrogen-bond acceptors (Lipinski definition) is 0. The topological polar surface area (TPSA) is 0 Å². The Balaban J connectivity index is 2.13. The Bertz CT molecular complexity index is 334. The van der Waals surface area contributed by atoms with Gasteiger partial charge in [0.15, 0.2) is 0 Å². The third kappa shape index (κ3) is 0.990. The van der Waals surface area contributed by atoms with E-state index in [-0.39, 0.29) is 0 Å². The molecule has 0 radical (unpaired) electrons. The zero-order valence-corrected chi connectivity index (χ0v) is 10.7. The summed E-state index contributed by atoms with van der Waals surface area (Å²) < 4.78 is 0. The highest BCUT2D eigenvalue weighted by Gasteiger charge is 2.57. The van der Waals surface area contributed by atoms with Crippen molar-refractivity contribution >= 4 is 0 Å². The quantitative estimate of drug-likeness (QED) is 0.507. The van der Waals surface area contributed by atoms with Gasteiger partial charge in [-0.2, -0.15) is 0 Å². The first-order valence-corrected chi connectivity index (χ1v) is 6.69. The lowest BCUT2D eigenvalue weighted by Crippen LogP contribution is -2.39. The van der Waals surface area contributed by atoms with E-state index in [2.05, 4.69) is 27.7 Å². The van der Waals surface area contributed by atoms with E-state index in [9.17, 15) is 0 Å². The van der Waals surface area contributed by atoms with Crippen LogP contribution in [0.25, 0.3) is 0 Å². The van der Waals surface area contributed by atoms with E-state index in [4.69, 9.17) is 0 Å². The molecular formula is C15H24. The maximum absolute atomic E-state index is 2.56. The van der Waals surface area contributed by atoms with Gasteiger partial charge in [-0.1, -0.05) is 38.8 Å². The van der Waals surface area contributed by atoms with Crippen molar-refractivity contribution in [1.29, 1.82) is 0 Å². The highest BCUT2D eigenvalue weighted by atomic mass is 14.6. The Morgan fingerprint density at radius 3 is 2.60 bits per heavy atom. The van der Waals surface area contributed by atoms with Crippen molar-refractivity contribution < 1.29 is 0 Å². The van der Waals surface area contributed by atoms with Gasteiger partial charge >= 0.3 is 0 Å². The SMILES string of the molecule is C[C@H]1CCC2=C1C[C@H]1CC[C@]2(C)C1(C)C. The van der Waals surface area contributed by atoms with Gasteiger partial charge in [0.1, 0.15) is 0 Å². The molecule has 0 nitrogen and oxygen atoms in total. The summed E-state index contributed by atoms with van der Waals surface area (Å²) in [5.41, 5.74) is 4.87. The maximum atomic E-state index is 2.56. The Morgan fingerprint density at radius 2 is 1.87 bits per heavy atom. The molecule has 0 aliphatic heterocycles. The van der Waals surface area contributed by atoms with E-state index in [0.717, 1.165) is 11.8 Å². The molecule has 1 saturated carbocycles. The van der Waals surface area contributed by atoms with Gasteiger partial charge in [-0.15, -0.1) is 0 Å². The molecule has 0 N–H and O–H groups in total. The second kappa shape index (κ2) is 2.70. The molecule has 0 heteroatoms. The van der Waals surface area contributed by atoms with Gasteiger partial charge in [0, 0.05) is 0 Å². The molecule has 0 spiro atoms. The maximum Gasteiger partial charge on any atom is -0.00596 e. The van der Waals surface area contributed by atoms with Crippen LogP contribution in [0, 0.1) is 22.7 Å². The third-order valence-corrected chi connectivity index (χ3v) is 6.38. The Kier molecular flexibility index (Phi) is 1.79. The van der Waals surface area contributed by atoms with Crippen LogP contribution in [0.2, 0.25) is 0 Å². The molecule has 0 aromatic heterocycles. The first-order chi connectivity index (χ1) is 6.97. The van der Waals surface area contributed by atoms with Gasteiger partial charge < -0.3 is 0 Å². The van der Waals surface area contributed by atoms with Crippen LogP contribution in [0.5, 0.6) is 0 Å². The molecule has 0 amide bonds. The van der Waals surface area contributed by atoms with Crippen LogP contribution < -0.4 is 0 Å². The summed E-state index contributed by atoms with van der Waals surface area (Å²) >= 11 is 0. The average molecular weight is 204 g/mol. The monoisotopic (exact) mass is 204 g/mol. The zero-order valence-electron chi connectivity index (χ0n) is 10.7. The van der Waals surface area contributed by atoms with E-state index in [1.807, 2.05) is 11.1 Å². The fraction of sp³-hybridized carbons (Fsp3) is 0.867. The molecule has 3 aliphatic carbocycles. The summed E-state index contributed by atoms with van der Waals surface area (Å²) in [7, 11) is 0. The van der Waals surface area contributed by atoms with Crippen molar-refractivity contribution in [1.82, 2.24) is 0 Å². The molecule has 0 saturated heterocycles. The van der Waals surface area contributed by atoms with E-state index in [0.29, 0.717) is 10.8 Å². The second-order valence-corrected chi connectivity index (χ2v) is 6.94. The minimum Gasteiger partial charge on any atom is -0.0673 e. The van der Waals surface area contributed by atoms with Crippen molar-refractivity contribution in [2.45, 2.75) is 59.8 Å². The predicted octanol–water partition coefficient (Wildman–Crippen LogP) is 4.56. The van der Waals surface area contributed by atoms with Crippen molar-refractivity contribution in [2.75, 3.05) is 0 Å². The molecule has 0 aromatic rings. The summed E-state index contributed by atoms with van der Waals surface area (Å²) in [6.45, 7) is 10.1. The normalized spacial score (nSPS) is 47.2. The van der Waals surface area contributed by atoms with E-state index < -0.39 is 0 Å². The first-order valence-electron chi connectivity index (χ1n) is 6.69. The van der Waals surface area contributed by atoms with Crippen molar-refractivity contribution in [3.8, 4) is 0 Å². The molecule has 3 aliphatic rings. The highest BCUT2D eigenvalue weighted by Crippen LogP contribution is 2.67. The highest BCUT2D eigenvalue weighted by molar-refractivity contribution is 5.36. The lowest BCUT2D eigenvalue weighted by molar-refractivity contribution is 0.106. The standard InChI is InChI=1S/C15H24/c1-10-5-6-13-12(10)9-11-7-8-15(13,4)14(11,2)3/h10-11H,5-9H2,1-4H3/t10-,11+,15-/m0/s1. The fourth-order valence-electron chi connectivity index (χ4n) is 4.71. The molecule has 0 heterocycles. The van der Waals surface area contributed by atoms with E-state index >= 15 is 0 Å². The van der Waals surface area contributed by atoms with Gasteiger partial charge in [0.25, 0.3) is 0 Å². The molecule has 1 fully saturated rings. The summed E-state index contributed by atoms with van der Waals surface area (Å²) in [4.78, 5) is 0. The minimum atomic E-state index is 0.552. The van der Waals surface area contributed by atoms with Gasteiger partial charge in [0.2, 0.25) is 0 Å². The molecule has 84 valence electrons. The van der Waals surface area contributed by atoms with Crippen LogP contribution in [0.4, 0.5) is 0 Å². The summed E-state index contributed by atoms with van der Waals surface area (Å²) in [6.07, 6.45) is 7.20.